The lowest BCUT2D eigenvalue weighted by Crippen LogP contribution is -2.21. The van der Waals surface area contributed by atoms with E-state index in [0.29, 0.717) is 6.07 Å². The molecule has 2 rings (SSSR count). The number of carbonyl (C=O) groups is 1. The Labute approximate surface area is 104 Å². The minimum Gasteiger partial charge on any atom is -0.461 e. The average molecular weight is 272 g/mol. The molecule has 1 heterocycles. The van der Waals surface area contributed by atoms with E-state index < -0.39 is 45.4 Å². The smallest absolute Gasteiger partial charge is 0.362 e. The maximum Gasteiger partial charge on any atom is 0.362 e. The van der Waals surface area contributed by atoms with Crippen molar-refractivity contribution in [1.29, 1.82) is 0 Å². The molecule has 2 aromatic rings. The van der Waals surface area contributed by atoms with E-state index in [0.717, 1.165) is 0 Å². The van der Waals surface area contributed by atoms with Crippen LogP contribution in [0.25, 0.3) is 10.9 Å². The van der Waals surface area contributed by atoms with Crippen molar-refractivity contribution in [3.63, 3.8) is 0 Å². The Morgan fingerprint density at radius 1 is 1.37 bits per heavy atom. The Hall–Kier alpha value is -2.38. The highest BCUT2D eigenvalue weighted by atomic mass is 19.2. The van der Waals surface area contributed by atoms with Crippen molar-refractivity contribution >= 4 is 16.9 Å². The van der Waals surface area contributed by atoms with Crippen molar-refractivity contribution in [2.24, 2.45) is 0 Å². The Morgan fingerprint density at radius 3 is 2.68 bits per heavy atom. The summed E-state index contributed by atoms with van der Waals surface area (Å²) in [6.45, 7) is 1.52. The highest BCUT2D eigenvalue weighted by Gasteiger charge is 2.21. The van der Waals surface area contributed by atoms with Crippen LogP contribution in [0.4, 0.5) is 13.2 Å². The van der Waals surface area contributed by atoms with Gasteiger partial charge >= 0.3 is 5.97 Å². The van der Waals surface area contributed by atoms with E-state index in [1.807, 2.05) is 5.10 Å². The fourth-order valence-corrected chi connectivity index (χ4v) is 1.51. The first-order chi connectivity index (χ1) is 8.97. The quantitative estimate of drug-likeness (QED) is 0.664. The molecule has 0 aliphatic rings. The standard InChI is InChI=1S/C11H7F3N2O3/c1-2-19-11(18)9-10(17)4-3-5(12)6(13)7(14)8(4)15-16-9/h3H,2H2,1H3,(H,15,17). The maximum absolute atomic E-state index is 13.4. The second-order valence-electron chi connectivity index (χ2n) is 3.53. The number of esters is 1. The number of ether oxygens (including phenoxy) is 1. The number of nitrogens with zero attached hydrogens (tertiary/aromatic N) is 1. The molecule has 0 saturated heterocycles. The molecule has 0 spiro atoms. The molecule has 0 saturated carbocycles. The zero-order chi connectivity index (χ0) is 14.2. The highest BCUT2D eigenvalue weighted by molar-refractivity contribution is 5.91. The van der Waals surface area contributed by atoms with Crippen LogP contribution in [0.15, 0.2) is 10.9 Å². The lowest BCUT2D eigenvalue weighted by Gasteiger charge is -2.04. The molecule has 0 aliphatic heterocycles. The predicted molar refractivity (Wildman–Crippen MR) is 58.2 cm³/mol. The van der Waals surface area contributed by atoms with Gasteiger partial charge < -0.3 is 4.74 Å². The number of nitrogens with one attached hydrogen (secondary N) is 1. The predicted octanol–water partition coefficient (Wildman–Crippen LogP) is 1.52. The maximum atomic E-state index is 13.4. The molecule has 0 aliphatic carbocycles. The zero-order valence-electron chi connectivity index (χ0n) is 9.59. The molecule has 0 amide bonds. The second-order valence-corrected chi connectivity index (χ2v) is 3.53. The third-order valence-corrected chi connectivity index (χ3v) is 2.37. The van der Waals surface area contributed by atoms with Gasteiger partial charge in [-0.2, -0.15) is 5.10 Å². The van der Waals surface area contributed by atoms with Crippen LogP contribution >= 0.6 is 0 Å². The van der Waals surface area contributed by atoms with Crippen LogP contribution in [-0.4, -0.2) is 22.8 Å². The summed E-state index contributed by atoms with van der Waals surface area (Å²) < 4.78 is 44.0. The van der Waals surface area contributed by atoms with Gasteiger partial charge in [0.05, 0.1) is 12.0 Å². The molecule has 0 bridgehead atoms. The Morgan fingerprint density at radius 2 is 2.05 bits per heavy atom. The van der Waals surface area contributed by atoms with Crippen LogP contribution in [0, 0.1) is 17.5 Å². The van der Waals surface area contributed by atoms with Gasteiger partial charge in [-0.1, -0.05) is 0 Å². The molecule has 1 aromatic heterocycles. The van der Waals surface area contributed by atoms with Gasteiger partial charge in [0.25, 0.3) is 0 Å². The molecule has 5 nitrogen and oxygen atoms in total. The first-order valence-corrected chi connectivity index (χ1v) is 5.20. The van der Waals surface area contributed by atoms with Crippen molar-refractivity contribution in [3.05, 3.63) is 39.4 Å². The van der Waals surface area contributed by atoms with Gasteiger partial charge in [-0.05, 0) is 13.0 Å². The fraction of sp³-hybridized carbons (Fsp3) is 0.182. The van der Waals surface area contributed by atoms with Crippen molar-refractivity contribution in [2.75, 3.05) is 6.61 Å². The third-order valence-electron chi connectivity index (χ3n) is 2.37. The number of aromatic amines is 1. The highest BCUT2D eigenvalue weighted by Crippen LogP contribution is 2.18. The van der Waals surface area contributed by atoms with Gasteiger partial charge in [0.15, 0.2) is 17.5 Å². The summed E-state index contributed by atoms with van der Waals surface area (Å²) >= 11 is 0. The molecule has 19 heavy (non-hydrogen) atoms. The zero-order valence-corrected chi connectivity index (χ0v) is 9.59. The number of H-pyrrole nitrogens is 1. The number of rotatable bonds is 2. The molecule has 0 unspecified atom stereocenters. The molecular formula is C11H7F3N2O3. The number of hydrogen-bond acceptors (Lipinski definition) is 4. The summed E-state index contributed by atoms with van der Waals surface area (Å²) in [4.78, 5) is 23.2. The van der Waals surface area contributed by atoms with E-state index in [4.69, 9.17) is 0 Å². The Balaban J connectivity index is 2.76. The number of hydrogen-bond donors (Lipinski definition) is 1. The van der Waals surface area contributed by atoms with Crippen molar-refractivity contribution < 1.29 is 22.7 Å². The minimum absolute atomic E-state index is 0.00410. The summed E-state index contributed by atoms with van der Waals surface area (Å²) in [6, 6.07) is 0.497. The van der Waals surface area contributed by atoms with E-state index in [1.54, 1.807) is 0 Å². The molecule has 0 fully saturated rings. The van der Waals surface area contributed by atoms with Crippen LogP contribution < -0.4 is 5.43 Å². The van der Waals surface area contributed by atoms with E-state index in [1.165, 1.54) is 6.92 Å². The summed E-state index contributed by atoms with van der Waals surface area (Å²) in [5.74, 6) is -5.86. The van der Waals surface area contributed by atoms with Gasteiger partial charge in [0, 0.05) is 0 Å². The van der Waals surface area contributed by atoms with Crippen LogP contribution in [0.1, 0.15) is 17.4 Å². The van der Waals surface area contributed by atoms with Crippen molar-refractivity contribution in [3.8, 4) is 0 Å². The molecule has 1 aromatic carbocycles. The van der Waals surface area contributed by atoms with Gasteiger partial charge in [0.1, 0.15) is 5.52 Å². The molecule has 0 atom stereocenters. The van der Waals surface area contributed by atoms with Gasteiger partial charge in [-0.15, -0.1) is 0 Å². The van der Waals surface area contributed by atoms with Crippen LogP contribution in [0.3, 0.4) is 0 Å². The molecular weight excluding hydrogens is 265 g/mol. The molecule has 8 heteroatoms. The normalized spacial score (nSPS) is 10.7. The summed E-state index contributed by atoms with van der Waals surface area (Å²) in [6.07, 6.45) is 0. The first kappa shape index (κ1) is 13.1. The van der Waals surface area contributed by atoms with E-state index >= 15 is 0 Å². The minimum atomic E-state index is -1.73. The number of carbonyl (C=O) groups excluding carboxylic acids is 1. The fourth-order valence-electron chi connectivity index (χ4n) is 1.51. The summed E-state index contributed by atoms with van der Waals surface area (Å²) in [7, 11) is 0. The number of aromatic nitrogens is 2. The topological polar surface area (TPSA) is 72.0 Å². The SMILES string of the molecule is CCOC(=O)c1n[nH]c2c(F)c(F)c(F)cc2c1=O. The monoisotopic (exact) mass is 272 g/mol. The number of halogens is 3. The van der Waals surface area contributed by atoms with E-state index in [9.17, 15) is 22.8 Å². The first-order valence-electron chi connectivity index (χ1n) is 5.20. The molecule has 100 valence electrons. The second kappa shape index (κ2) is 4.71. The van der Waals surface area contributed by atoms with Crippen LogP contribution in [0.5, 0.6) is 0 Å². The van der Waals surface area contributed by atoms with Gasteiger partial charge in [0.2, 0.25) is 11.1 Å². The van der Waals surface area contributed by atoms with Gasteiger partial charge in [-0.25, -0.2) is 18.0 Å². The average Bonchev–Trinajstić information content (AvgIpc) is 2.38. The number of fused-ring (bicyclic) bond motifs is 1. The Kier molecular flexibility index (Phi) is 3.24. The number of benzene rings is 1. The van der Waals surface area contributed by atoms with E-state index in [-0.39, 0.29) is 6.61 Å². The van der Waals surface area contributed by atoms with Crippen molar-refractivity contribution in [1.82, 2.24) is 10.2 Å². The lowest BCUT2D eigenvalue weighted by atomic mass is 10.2. The lowest BCUT2D eigenvalue weighted by molar-refractivity contribution is 0.0517. The van der Waals surface area contributed by atoms with Crippen LogP contribution in [-0.2, 0) is 4.74 Å². The van der Waals surface area contributed by atoms with Crippen molar-refractivity contribution in [2.45, 2.75) is 6.92 Å². The van der Waals surface area contributed by atoms with Crippen LogP contribution in [0.2, 0.25) is 0 Å². The summed E-state index contributed by atoms with van der Waals surface area (Å²) in [5, 5.41) is 4.80. The van der Waals surface area contributed by atoms with Gasteiger partial charge in [-0.3, -0.25) is 9.89 Å². The molecule has 0 radical (unpaired) electrons. The molecule has 1 N–H and O–H groups in total. The van der Waals surface area contributed by atoms with E-state index in [2.05, 4.69) is 9.84 Å². The summed E-state index contributed by atoms with van der Waals surface area (Å²) in [5.41, 5.74) is -2.30. The largest absolute Gasteiger partial charge is 0.461 e. The third kappa shape index (κ3) is 2.05. The Bertz CT molecular complexity index is 727.